The number of aliphatic imine (C=N–C) groups is 2. The molecular weight excluding hydrogens is 450 g/mol. The monoisotopic (exact) mass is 479 g/mol. The highest BCUT2D eigenvalue weighted by molar-refractivity contribution is 6.12. The van der Waals surface area contributed by atoms with E-state index in [0.29, 0.717) is 23.8 Å². The maximum Gasteiger partial charge on any atom is 0.303 e. The number of pyridine rings is 1. The van der Waals surface area contributed by atoms with Crippen LogP contribution in [0.5, 0.6) is 0 Å². The van der Waals surface area contributed by atoms with E-state index in [9.17, 15) is 10.1 Å². The number of hydrogen-bond acceptors (Lipinski definition) is 6. The van der Waals surface area contributed by atoms with Gasteiger partial charge in [-0.3, -0.25) is 20.1 Å². The van der Waals surface area contributed by atoms with Crippen LogP contribution < -0.4 is 5.32 Å². The molecule has 4 aliphatic rings. The molecule has 6 rings (SSSR count). The van der Waals surface area contributed by atoms with Gasteiger partial charge in [-0.05, 0) is 72.6 Å². The Bertz CT molecular complexity index is 1340. The fraction of sp³-hybridized carbons (Fsp3) is 0.414. The van der Waals surface area contributed by atoms with Gasteiger partial charge in [0.05, 0.1) is 34.7 Å². The van der Waals surface area contributed by atoms with Gasteiger partial charge in [0, 0.05) is 24.5 Å². The Morgan fingerprint density at radius 3 is 2.64 bits per heavy atom. The molecule has 2 aromatic rings. The zero-order chi connectivity index (χ0) is 24.8. The standard InChI is InChI=1S/C29H29N5O2/c1-16-10-23(21-8-6-20(7-9-21)19-4-2-17(3-5-19)12-25(35)36)31-15-22(16)26-28-29(34-28)27-24(33-26)11-18(13-30)14-32-27/h6-9,11,14-17,19,28-29,34H,2-5,10,12H2,1H3,(H,35,36). The van der Waals surface area contributed by atoms with E-state index in [1.54, 1.807) is 6.20 Å². The summed E-state index contributed by atoms with van der Waals surface area (Å²) in [5, 5.41) is 21.8. The predicted octanol–water partition coefficient (Wildman–Crippen LogP) is 5.21. The molecule has 1 saturated heterocycles. The van der Waals surface area contributed by atoms with Gasteiger partial charge in [0.1, 0.15) is 6.07 Å². The summed E-state index contributed by atoms with van der Waals surface area (Å²) in [5.74, 6) is 0.452. The van der Waals surface area contributed by atoms with Crippen molar-refractivity contribution in [3.63, 3.8) is 0 Å². The summed E-state index contributed by atoms with van der Waals surface area (Å²) in [7, 11) is 0. The van der Waals surface area contributed by atoms with E-state index in [4.69, 9.17) is 15.1 Å². The Kier molecular flexibility index (Phi) is 5.77. The van der Waals surface area contributed by atoms with Crippen molar-refractivity contribution in [1.29, 1.82) is 5.26 Å². The van der Waals surface area contributed by atoms with Crippen LogP contribution in [0.1, 0.15) is 79.8 Å². The average Bonchev–Trinajstić information content (AvgIpc) is 3.70. The fourth-order valence-electron chi connectivity index (χ4n) is 6.04. The number of nitrogens with one attached hydrogen (secondary N) is 1. The van der Waals surface area contributed by atoms with Crippen molar-refractivity contribution in [3.05, 3.63) is 70.7 Å². The number of carboxylic acids is 1. The average molecular weight is 480 g/mol. The third-order valence-corrected chi connectivity index (χ3v) is 8.15. The van der Waals surface area contributed by atoms with E-state index in [0.717, 1.165) is 66.0 Å². The van der Waals surface area contributed by atoms with Gasteiger partial charge in [0.25, 0.3) is 0 Å². The lowest BCUT2D eigenvalue weighted by Crippen LogP contribution is -2.24. The molecule has 4 heterocycles. The molecule has 3 atom stereocenters. The number of fused-ring (bicyclic) bond motifs is 3. The smallest absolute Gasteiger partial charge is 0.303 e. The number of nitrogens with zero attached hydrogens (tertiary/aromatic N) is 4. The summed E-state index contributed by atoms with van der Waals surface area (Å²) in [4.78, 5) is 25.2. The summed E-state index contributed by atoms with van der Waals surface area (Å²) < 4.78 is 0. The molecule has 182 valence electrons. The van der Waals surface area contributed by atoms with Gasteiger partial charge in [0.2, 0.25) is 0 Å². The second-order valence-electron chi connectivity index (χ2n) is 10.6. The molecule has 1 aromatic carbocycles. The zero-order valence-corrected chi connectivity index (χ0v) is 20.3. The number of carbonyl (C=O) groups is 1. The number of nitriles is 1. The number of rotatable bonds is 5. The Hall–Kier alpha value is -3.63. The van der Waals surface area contributed by atoms with Crippen LogP contribution in [0, 0.1) is 23.2 Å². The van der Waals surface area contributed by atoms with Gasteiger partial charge in [-0.25, -0.2) is 4.99 Å². The van der Waals surface area contributed by atoms with E-state index in [2.05, 4.69) is 47.6 Å². The van der Waals surface area contributed by atoms with Crippen molar-refractivity contribution < 1.29 is 9.90 Å². The van der Waals surface area contributed by atoms with E-state index in [-0.39, 0.29) is 18.0 Å². The second kappa shape index (κ2) is 9.11. The van der Waals surface area contributed by atoms with Gasteiger partial charge in [-0.2, -0.15) is 5.26 Å². The SMILES string of the molecule is CC1CC(c2ccc(C3CCC(CC(=O)O)CC3)cc2)=NC=C1C1=Nc2cc(C#N)cnc2C2NC12. The van der Waals surface area contributed by atoms with Gasteiger partial charge >= 0.3 is 5.97 Å². The maximum atomic E-state index is 11.0. The van der Waals surface area contributed by atoms with Crippen molar-refractivity contribution in [2.24, 2.45) is 21.8 Å². The maximum absolute atomic E-state index is 11.0. The van der Waals surface area contributed by atoms with Gasteiger partial charge < -0.3 is 5.11 Å². The van der Waals surface area contributed by atoms with Crippen LogP contribution in [0.4, 0.5) is 5.69 Å². The van der Waals surface area contributed by atoms with Crippen LogP contribution >= 0.6 is 0 Å². The molecule has 0 amide bonds. The summed E-state index contributed by atoms with van der Waals surface area (Å²) >= 11 is 0. The molecule has 7 nitrogen and oxygen atoms in total. The van der Waals surface area contributed by atoms with Gasteiger partial charge in [-0.1, -0.05) is 31.2 Å². The molecule has 0 radical (unpaired) electrons. The molecular formula is C29H29N5O2. The number of aromatic nitrogens is 1. The quantitative estimate of drug-likeness (QED) is 0.570. The largest absolute Gasteiger partial charge is 0.481 e. The van der Waals surface area contributed by atoms with E-state index in [1.807, 2.05) is 12.3 Å². The lowest BCUT2D eigenvalue weighted by atomic mass is 9.77. The van der Waals surface area contributed by atoms with E-state index < -0.39 is 5.97 Å². The van der Waals surface area contributed by atoms with Crippen LogP contribution in [0.15, 0.2) is 58.3 Å². The Morgan fingerprint density at radius 1 is 1.17 bits per heavy atom. The molecule has 0 spiro atoms. The first kappa shape index (κ1) is 22.8. The molecule has 1 aromatic heterocycles. The highest BCUT2D eigenvalue weighted by Gasteiger charge is 2.48. The van der Waals surface area contributed by atoms with Crippen molar-refractivity contribution >= 4 is 23.1 Å². The molecule has 0 bridgehead atoms. The van der Waals surface area contributed by atoms with E-state index in [1.165, 1.54) is 5.56 Å². The molecule has 1 aliphatic carbocycles. The molecule has 2 fully saturated rings. The first-order valence-corrected chi connectivity index (χ1v) is 12.8. The summed E-state index contributed by atoms with van der Waals surface area (Å²) in [6.45, 7) is 2.23. The van der Waals surface area contributed by atoms with Crippen LogP contribution in [0.25, 0.3) is 0 Å². The third kappa shape index (κ3) is 4.27. The predicted molar refractivity (Wildman–Crippen MR) is 138 cm³/mol. The minimum atomic E-state index is -0.679. The van der Waals surface area contributed by atoms with Gasteiger partial charge in [-0.15, -0.1) is 0 Å². The zero-order valence-electron chi connectivity index (χ0n) is 20.3. The molecule has 3 unspecified atom stereocenters. The van der Waals surface area contributed by atoms with Crippen molar-refractivity contribution in [2.45, 2.75) is 63.5 Å². The van der Waals surface area contributed by atoms with Crippen LogP contribution in [-0.2, 0) is 4.79 Å². The first-order chi connectivity index (χ1) is 17.5. The second-order valence-corrected chi connectivity index (χ2v) is 10.6. The number of benzene rings is 1. The van der Waals surface area contributed by atoms with Crippen molar-refractivity contribution in [1.82, 2.24) is 10.3 Å². The fourth-order valence-corrected chi connectivity index (χ4v) is 6.04. The minimum absolute atomic E-state index is 0.172. The number of aliphatic carboxylic acids is 1. The highest BCUT2D eigenvalue weighted by atomic mass is 16.4. The highest BCUT2D eigenvalue weighted by Crippen LogP contribution is 2.44. The normalized spacial score (nSPS) is 28.6. The molecule has 7 heteroatoms. The molecule has 36 heavy (non-hydrogen) atoms. The Labute approximate surface area is 210 Å². The van der Waals surface area contributed by atoms with E-state index >= 15 is 0 Å². The minimum Gasteiger partial charge on any atom is -0.481 e. The molecule has 2 N–H and O–H groups in total. The summed E-state index contributed by atoms with van der Waals surface area (Å²) in [6, 6.07) is 13.1. The Morgan fingerprint density at radius 2 is 1.94 bits per heavy atom. The first-order valence-electron chi connectivity index (χ1n) is 12.8. The van der Waals surface area contributed by atoms with Crippen molar-refractivity contribution in [2.75, 3.05) is 0 Å². The van der Waals surface area contributed by atoms with Crippen LogP contribution in [0.2, 0.25) is 0 Å². The lowest BCUT2D eigenvalue weighted by molar-refractivity contribution is -0.138. The molecule has 3 aliphatic heterocycles. The Balaban J connectivity index is 1.18. The van der Waals surface area contributed by atoms with Crippen LogP contribution in [-0.4, -0.2) is 33.5 Å². The van der Waals surface area contributed by atoms with Crippen molar-refractivity contribution in [3.8, 4) is 6.07 Å². The lowest BCUT2D eigenvalue weighted by Gasteiger charge is -2.28. The third-order valence-electron chi connectivity index (χ3n) is 8.15. The van der Waals surface area contributed by atoms with Gasteiger partial charge in [0.15, 0.2) is 0 Å². The molecule has 1 saturated carbocycles. The summed E-state index contributed by atoms with van der Waals surface area (Å²) in [6.07, 6.45) is 8.86. The number of hydrogen-bond donors (Lipinski definition) is 2. The topological polar surface area (TPSA) is 121 Å². The number of carboxylic acid groups (broad SMARTS) is 1. The van der Waals surface area contributed by atoms with Crippen LogP contribution in [0.3, 0.4) is 0 Å². The summed E-state index contributed by atoms with van der Waals surface area (Å²) in [5.41, 5.74) is 8.00.